The van der Waals surface area contributed by atoms with Crippen LogP contribution < -0.4 is 0 Å². The van der Waals surface area contributed by atoms with E-state index in [1.54, 1.807) is 0 Å². The van der Waals surface area contributed by atoms with Gasteiger partial charge in [-0.3, -0.25) is 9.69 Å². The molecule has 1 aromatic carbocycles. The third-order valence-corrected chi connectivity index (χ3v) is 4.22. The average molecular weight is 275 g/mol. The smallest absolute Gasteiger partial charge is 0.307 e. The van der Waals surface area contributed by atoms with Gasteiger partial charge in [0.1, 0.15) is 0 Å². The first kappa shape index (κ1) is 15.0. The van der Waals surface area contributed by atoms with E-state index in [2.05, 4.69) is 30.9 Å². The molecule has 110 valence electrons. The van der Waals surface area contributed by atoms with Gasteiger partial charge in [0.05, 0.1) is 6.42 Å². The molecule has 3 heteroatoms. The molecule has 1 fully saturated rings. The number of aliphatic carboxylic acids is 1. The first-order chi connectivity index (χ1) is 9.44. The zero-order valence-corrected chi connectivity index (χ0v) is 12.6. The Morgan fingerprint density at radius 3 is 2.45 bits per heavy atom. The summed E-state index contributed by atoms with van der Waals surface area (Å²) in [6, 6.07) is 8.00. The number of nitrogens with zero attached hydrogens (tertiary/aromatic N) is 1. The summed E-state index contributed by atoms with van der Waals surface area (Å²) in [5, 5.41) is 8.77. The van der Waals surface area contributed by atoms with E-state index in [-0.39, 0.29) is 6.42 Å². The fraction of sp³-hybridized carbons (Fsp3) is 0.588. The lowest BCUT2D eigenvalue weighted by Crippen LogP contribution is -2.25. The van der Waals surface area contributed by atoms with Crippen LogP contribution in [0.15, 0.2) is 24.3 Å². The molecular formula is C17H25NO2. The van der Waals surface area contributed by atoms with Crippen molar-refractivity contribution >= 4 is 5.97 Å². The Kier molecular flexibility index (Phi) is 4.81. The highest BCUT2D eigenvalue weighted by Gasteiger charge is 2.22. The van der Waals surface area contributed by atoms with Crippen LogP contribution in [0.5, 0.6) is 0 Å². The fourth-order valence-corrected chi connectivity index (χ4v) is 2.83. The van der Waals surface area contributed by atoms with Crippen LogP contribution in [-0.4, -0.2) is 29.1 Å². The predicted octanol–water partition coefficient (Wildman–Crippen LogP) is 3.33. The van der Waals surface area contributed by atoms with Gasteiger partial charge >= 0.3 is 5.97 Å². The predicted molar refractivity (Wildman–Crippen MR) is 80.7 cm³/mol. The van der Waals surface area contributed by atoms with Gasteiger partial charge in [-0.1, -0.05) is 38.1 Å². The van der Waals surface area contributed by atoms with Crippen molar-refractivity contribution in [2.45, 2.75) is 46.1 Å². The molecule has 1 N–H and O–H groups in total. The van der Waals surface area contributed by atoms with Gasteiger partial charge in [0, 0.05) is 6.54 Å². The maximum absolute atomic E-state index is 10.7. The van der Waals surface area contributed by atoms with Crippen molar-refractivity contribution < 1.29 is 9.90 Å². The minimum atomic E-state index is -0.771. The van der Waals surface area contributed by atoms with Crippen LogP contribution in [0.3, 0.4) is 0 Å². The normalized spacial score (nSPS) is 19.5. The molecule has 0 aromatic heterocycles. The van der Waals surface area contributed by atoms with Gasteiger partial charge in [0.15, 0.2) is 0 Å². The van der Waals surface area contributed by atoms with Crippen molar-refractivity contribution in [3.63, 3.8) is 0 Å². The summed E-state index contributed by atoms with van der Waals surface area (Å²) in [7, 11) is 0. The molecule has 0 bridgehead atoms. The largest absolute Gasteiger partial charge is 0.481 e. The van der Waals surface area contributed by atoms with Crippen molar-refractivity contribution in [2.24, 2.45) is 5.41 Å². The Hall–Kier alpha value is -1.35. The number of carboxylic acid groups (broad SMARTS) is 1. The van der Waals surface area contributed by atoms with Crippen molar-refractivity contribution in [1.29, 1.82) is 0 Å². The van der Waals surface area contributed by atoms with Gasteiger partial charge < -0.3 is 5.11 Å². The first-order valence-corrected chi connectivity index (χ1v) is 7.47. The van der Waals surface area contributed by atoms with E-state index in [4.69, 9.17) is 5.11 Å². The highest BCUT2D eigenvalue weighted by atomic mass is 16.4. The third-order valence-electron chi connectivity index (χ3n) is 4.22. The number of benzene rings is 1. The van der Waals surface area contributed by atoms with Gasteiger partial charge in [0.25, 0.3) is 0 Å². The second-order valence-electron chi connectivity index (χ2n) is 6.68. The van der Waals surface area contributed by atoms with Crippen LogP contribution in [0.25, 0.3) is 0 Å². The van der Waals surface area contributed by atoms with Crippen LogP contribution in [0, 0.1) is 5.41 Å². The number of hydrogen-bond acceptors (Lipinski definition) is 2. The van der Waals surface area contributed by atoms with Gasteiger partial charge in [-0.15, -0.1) is 0 Å². The van der Waals surface area contributed by atoms with Crippen molar-refractivity contribution in [3.8, 4) is 0 Å². The SMILES string of the molecule is CC1(C)CCCN(Cc2ccc(CC(=O)O)cc2)CC1. The van der Waals surface area contributed by atoms with Gasteiger partial charge in [-0.2, -0.15) is 0 Å². The number of carboxylic acids is 1. The number of likely N-dealkylation sites (tertiary alicyclic amines) is 1. The van der Waals surface area contributed by atoms with Crippen molar-refractivity contribution in [3.05, 3.63) is 35.4 Å². The Balaban J connectivity index is 1.91. The number of hydrogen-bond donors (Lipinski definition) is 1. The molecule has 0 atom stereocenters. The summed E-state index contributed by atoms with van der Waals surface area (Å²) in [5.41, 5.74) is 2.62. The van der Waals surface area contributed by atoms with E-state index in [0.29, 0.717) is 5.41 Å². The van der Waals surface area contributed by atoms with E-state index in [0.717, 1.165) is 18.7 Å². The third kappa shape index (κ3) is 4.64. The van der Waals surface area contributed by atoms with Crippen LogP contribution in [0.1, 0.15) is 44.2 Å². The summed E-state index contributed by atoms with van der Waals surface area (Å²) in [6.45, 7) is 8.02. The van der Waals surface area contributed by atoms with E-state index in [1.807, 2.05) is 12.1 Å². The van der Waals surface area contributed by atoms with Gasteiger partial charge in [0.2, 0.25) is 0 Å². The van der Waals surface area contributed by atoms with E-state index in [9.17, 15) is 4.79 Å². The molecule has 0 aliphatic carbocycles. The van der Waals surface area contributed by atoms with Crippen molar-refractivity contribution in [1.82, 2.24) is 4.90 Å². The minimum Gasteiger partial charge on any atom is -0.481 e. The molecule has 0 spiro atoms. The molecule has 3 nitrogen and oxygen atoms in total. The second kappa shape index (κ2) is 6.40. The summed E-state index contributed by atoms with van der Waals surface area (Å²) in [5.74, 6) is -0.771. The molecule has 1 heterocycles. The Morgan fingerprint density at radius 2 is 1.80 bits per heavy atom. The number of rotatable bonds is 4. The Labute approximate surface area is 121 Å². The van der Waals surface area contributed by atoms with Crippen LogP contribution in [-0.2, 0) is 17.8 Å². The lowest BCUT2D eigenvalue weighted by atomic mass is 9.85. The molecule has 1 aliphatic rings. The molecule has 2 rings (SSSR count). The maximum atomic E-state index is 10.7. The molecule has 0 unspecified atom stereocenters. The average Bonchev–Trinajstić information content (AvgIpc) is 2.53. The molecule has 20 heavy (non-hydrogen) atoms. The Morgan fingerprint density at radius 1 is 1.15 bits per heavy atom. The zero-order valence-electron chi connectivity index (χ0n) is 12.6. The summed E-state index contributed by atoms with van der Waals surface area (Å²) < 4.78 is 0. The summed E-state index contributed by atoms with van der Waals surface area (Å²) >= 11 is 0. The second-order valence-corrected chi connectivity index (χ2v) is 6.68. The quantitative estimate of drug-likeness (QED) is 0.916. The standard InChI is InChI=1S/C17H25NO2/c1-17(2)8-3-10-18(11-9-17)13-15-6-4-14(5-7-15)12-16(19)20/h4-7H,3,8-13H2,1-2H3,(H,19,20). The summed E-state index contributed by atoms with van der Waals surface area (Å²) in [6.07, 6.45) is 3.94. The molecule has 0 radical (unpaired) electrons. The number of carbonyl (C=O) groups is 1. The lowest BCUT2D eigenvalue weighted by molar-refractivity contribution is -0.136. The molecule has 0 saturated carbocycles. The summed E-state index contributed by atoms with van der Waals surface area (Å²) in [4.78, 5) is 13.2. The minimum absolute atomic E-state index is 0.109. The van der Waals surface area contributed by atoms with Crippen LogP contribution in [0.4, 0.5) is 0 Å². The lowest BCUT2D eigenvalue weighted by Gasteiger charge is -2.23. The van der Waals surface area contributed by atoms with Crippen molar-refractivity contribution in [2.75, 3.05) is 13.1 Å². The highest BCUT2D eigenvalue weighted by Crippen LogP contribution is 2.30. The molecule has 0 amide bonds. The van der Waals surface area contributed by atoms with Gasteiger partial charge in [-0.25, -0.2) is 0 Å². The van der Waals surface area contributed by atoms with Crippen LogP contribution in [0.2, 0.25) is 0 Å². The maximum Gasteiger partial charge on any atom is 0.307 e. The van der Waals surface area contributed by atoms with E-state index < -0.39 is 5.97 Å². The molecule has 1 aromatic rings. The highest BCUT2D eigenvalue weighted by molar-refractivity contribution is 5.70. The van der Waals surface area contributed by atoms with Gasteiger partial charge in [-0.05, 0) is 48.9 Å². The fourth-order valence-electron chi connectivity index (χ4n) is 2.83. The molecule has 1 saturated heterocycles. The van der Waals surface area contributed by atoms with E-state index >= 15 is 0 Å². The first-order valence-electron chi connectivity index (χ1n) is 7.47. The Bertz CT molecular complexity index is 451. The molecule has 1 aliphatic heterocycles. The van der Waals surface area contributed by atoms with Crippen LogP contribution >= 0.6 is 0 Å². The topological polar surface area (TPSA) is 40.5 Å². The monoisotopic (exact) mass is 275 g/mol. The van der Waals surface area contributed by atoms with E-state index in [1.165, 1.54) is 31.4 Å². The zero-order chi connectivity index (χ0) is 14.6. The molecular weight excluding hydrogens is 250 g/mol.